The van der Waals surface area contributed by atoms with Gasteiger partial charge in [-0.3, -0.25) is 0 Å². The maximum absolute atomic E-state index is 11.1. The van der Waals surface area contributed by atoms with Crippen molar-refractivity contribution < 1.29 is 5.11 Å². The van der Waals surface area contributed by atoms with Gasteiger partial charge in [-0.05, 0) is 32.1 Å². The van der Waals surface area contributed by atoms with Crippen molar-refractivity contribution in [3.05, 3.63) is 0 Å². The Bertz CT molecular complexity index is 250. The summed E-state index contributed by atoms with van der Waals surface area (Å²) in [5.41, 5.74) is 5.56. The molecule has 0 spiro atoms. The summed E-state index contributed by atoms with van der Waals surface area (Å²) >= 11 is 0. The third-order valence-electron chi connectivity index (χ3n) is 5.75. The molecule has 0 aromatic rings. The van der Waals surface area contributed by atoms with Crippen LogP contribution < -0.4 is 5.73 Å². The summed E-state index contributed by atoms with van der Waals surface area (Å²) in [6.45, 7) is 2.73. The van der Waals surface area contributed by atoms with Gasteiger partial charge in [0.2, 0.25) is 0 Å². The van der Waals surface area contributed by atoms with Crippen LogP contribution in [0.25, 0.3) is 0 Å². The van der Waals surface area contributed by atoms with Crippen molar-refractivity contribution in [3.8, 4) is 0 Å². The Morgan fingerprint density at radius 1 is 1.06 bits per heavy atom. The van der Waals surface area contributed by atoms with E-state index >= 15 is 0 Å². The van der Waals surface area contributed by atoms with Gasteiger partial charge in [0.1, 0.15) is 0 Å². The van der Waals surface area contributed by atoms with E-state index in [-0.39, 0.29) is 5.41 Å². The Morgan fingerprint density at radius 2 is 1.61 bits per heavy atom. The summed E-state index contributed by atoms with van der Waals surface area (Å²) in [6, 6.07) is 0. The van der Waals surface area contributed by atoms with Crippen LogP contribution >= 0.6 is 0 Å². The molecule has 2 nitrogen and oxygen atoms in total. The highest BCUT2D eigenvalue weighted by Gasteiger charge is 2.46. The van der Waals surface area contributed by atoms with Crippen molar-refractivity contribution in [2.75, 3.05) is 6.54 Å². The van der Waals surface area contributed by atoms with E-state index in [0.717, 1.165) is 25.2 Å². The molecule has 0 radical (unpaired) electrons. The molecule has 2 saturated carbocycles. The van der Waals surface area contributed by atoms with Gasteiger partial charge in [0.15, 0.2) is 0 Å². The van der Waals surface area contributed by atoms with E-state index in [1.807, 2.05) is 0 Å². The van der Waals surface area contributed by atoms with E-state index in [0.29, 0.717) is 6.54 Å². The van der Waals surface area contributed by atoms with Crippen LogP contribution in [-0.2, 0) is 0 Å². The van der Waals surface area contributed by atoms with Crippen LogP contribution in [0.4, 0.5) is 0 Å². The average Bonchev–Trinajstić information content (AvgIpc) is 2.24. The molecule has 0 bridgehead atoms. The Morgan fingerprint density at radius 3 is 2.06 bits per heavy atom. The van der Waals surface area contributed by atoms with Crippen LogP contribution in [0.5, 0.6) is 0 Å². The fourth-order valence-corrected chi connectivity index (χ4v) is 4.02. The first-order valence-corrected chi connectivity index (χ1v) is 8.02. The second-order valence-electron chi connectivity index (χ2n) is 7.03. The molecule has 2 fully saturated rings. The molecule has 1 unspecified atom stereocenters. The molecule has 2 aliphatic carbocycles. The Labute approximate surface area is 112 Å². The summed E-state index contributed by atoms with van der Waals surface area (Å²) in [7, 11) is 0. The van der Waals surface area contributed by atoms with Crippen molar-refractivity contribution >= 4 is 0 Å². The van der Waals surface area contributed by atoms with Gasteiger partial charge in [0, 0.05) is 12.0 Å². The lowest BCUT2D eigenvalue weighted by molar-refractivity contribution is -0.101. The quantitative estimate of drug-likeness (QED) is 0.804. The molecule has 2 heteroatoms. The zero-order chi connectivity index (χ0) is 13.1. The van der Waals surface area contributed by atoms with Crippen molar-refractivity contribution in [2.45, 2.75) is 83.2 Å². The van der Waals surface area contributed by atoms with Crippen LogP contribution in [0, 0.1) is 11.3 Å². The first-order valence-electron chi connectivity index (χ1n) is 8.02. The molecular formula is C16H31NO. The fourth-order valence-electron chi connectivity index (χ4n) is 4.02. The topological polar surface area (TPSA) is 46.2 Å². The molecule has 1 atom stereocenters. The van der Waals surface area contributed by atoms with Gasteiger partial charge in [-0.2, -0.15) is 0 Å². The van der Waals surface area contributed by atoms with Gasteiger partial charge in [-0.25, -0.2) is 0 Å². The minimum Gasteiger partial charge on any atom is -0.390 e. The van der Waals surface area contributed by atoms with Crippen LogP contribution in [0.2, 0.25) is 0 Å². The maximum atomic E-state index is 11.1. The predicted octanol–water partition coefficient (Wildman–Crippen LogP) is 3.62. The Kier molecular flexibility index (Phi) is 4.71. The van der Waals surface area contributed by atoms with E-state index < -0.39 is 5.60 Å². The summed E-state index contributed by atoms with van der Waals surface area (Å²) in [4.78, 5) is 0. The third-order valence-corrected chi connectivity index (χ3v) is 5.75. The molecule has 0 aromatic heterocycles. The maximum Gasteiger partial charge on any atom is 0.0690 e. The standard InChI is InChI=1S/C16H31NO/c1-15(18,12-14-8-7-9-14)16(13-17)10-5-3-2-4-6-11-16/h14,18H,2-13,17H2,1H3. The lowest BCUT2D eigenvalue weighted by Crippen LogP contribution is -2.52. The van der Waals surface area contributed by atoms with Gasteiger partial charge < -0.3 is 10.8 Å². The SMILES string of the molecule is CC(O)(CC1CCC1)C1(CN)CCCCCCC1. The number of rotatable bonds is 4. The van der Waals surface area contributed by atoms with E-state index in [9.17, 15) is 5.11 Å². The lowest BCUT2D eigenvalue weighted by Gasteiger charge is -2.48. The first kappa shape index (κ1) is 14.3. The van der Waals surface area contributed by atoms with Crippen molar-refractivity contribution in [1.29, 1.82) is 0 Å². The van der Waals surface area contributed by atoms with Gasteiger partial charge in [-0.15, -0.1) is 0 Å². The van der Waals surface area contributed by atoms with E-state index in [4.69, 9.17) is 5.73 Å². The van der Waals surface area contributed by atoms with Crippen molar-refractivity contribution in [1.82, 2.24) is 0 Å². The van der Waals surface area contributed by atoms with Gasteiger partial charge in [0.05, 0.1) is 5.60 Å². The van der Waals surface area contributed by atoms with Crippen LogP contribution in [-0.4, -0.2) is 17.3 Å². The molecule has 0 aromatic carbocycles. The van der Waals surface area contributed by atoms with Gasteiger partial charge in [0.25, 0.3) is 0 Å². The molecule has 0 heterocycles. The monoisotopic (exact) mass is 253 g/mol. The molecule has 2 rings (SSSR count). The number of aliphatic hydroxyl groups is 1. The molecule has 2 aliphatic rings. The summed E-state index contributed by atoms with van der Waals surface area (Å²) in [5, 5.41) is 11.1. The molecule has 3 N–H and O–H groups in total. The van der Waals surface area contributed by atoms with Crippen molar-refractivity contribution in [2.24, 2.45) is 17.1 Å². The zero-order valence-corrected chi connectivity index (χ0v) is 12.1. The van der Waals surface area contributed by atoms with Gasteiger partial charge in [-0.1, -0.05) is 51.4 Å². The number of nitrogens with two attached hydrogens (primary N) is 1. The first-order chi connectivity index (χ1) is 8.60. The number of hydrogen-bond donors (Lipinski definition) is 2. The predicted molar refractivity (Wildman–Crippen MR) is 76.4 cm³/mol. The Hall–Kier alpha value is -0.0800. The van der Waals surface area contributed by atoms with Crippen LogP contribution in [0.15, 0.2) is 0 Å². The molecule has 18 heavy (non-hydrogen) atoms. The second kappa shape index (κ2) is 5.92. The minimum absolute atomic E-state index is 0.0109. The van der Waals surface area contributed by atoms with Crippen LogP contribution in [0.1, 0.15) is 77.6 Å². The normalized spacial score (nSPS) is 28.8. The second-order valence-corrected chi connectivity index (χ2v) is 7.03. The average molecular weight is 253 g/mol. The highest BCUT2D eigenvalue weighted by molar-refractivity contribution is 4.99. The highest BCUT2D eigenvalue weighted by atomic mass is 16.3. The van der Waals surface area contributed by atoms with E-state index in [1.54, 1.807) is 0 Å². The fraction of sp³-hybridized carbons (Fsp3) is 1.00. The smallest absolute Gasteiger partial charge is 0.0690 e. The van der Waals surface area contributed by atoms with Gasteiger partial charge >= 0.3 is 0 Å². The molecule has 106 valence electrons. The van der Waals surface area contributed by atoms with Crippen LogP contribution in [0.3, 0.4) is 0 Å². The van der Waals surface area contributed by atoms with E-state index in [1.165, 1.54) is 51.4 Å². The largest absolute Gasteiger partial charge is 0.390 e. The summed E-state index contributed by atoms with van der Waals surface area (Å²) in [5.74, 6) is 0.758. The minimum atomic E-state index is -0.551. The molecule has 0 amide bonds. The zero-order valence-electron chi connectivity index (χ0n) is 12.1. The molecule has 0 aliphatic heterocycles. The Balaban J connectivity index is 2.05. The third kappa shape index (κ3) is 2.91. The van der Waals surface area contributed by atoms with E-state index in [2.05, 4.69) is 6.92 Å². The van der Waals surface area contributed by atoms with Crippen molar-refractivity contribution in [3.63, 3.8) is 0 Å². The summed E-state index contributed by atoms with van der Waals surface area (Å²) in [6.07, 6.45) is 13.7. The number of hydrogen-bond acceptors (Lipinski definition) is 2. The highest BCUT2D eigenvalue weighted by Crippen LogP contribution is 2.47. The molecule has 0 saturated heterocycles. The molecular weight excluding hydrogens is 222 g/mol. The summed E-state index contributed by atoms with van der Waals surface area (Å²) < 4.78 is 0. The lowest BCUT2D eigenvalue weighted by atomic mass is 9.61.